The van der Waals surface area contributed by atoms with E-state index in [4.69, 9.17) is 4.52 Å². The maximum Gasteiger partial charge on any atom is 0.243 e. The number of hydrogen-bond donors (Lipinski definition) is 0. The number of hydrogen-bond acceptors (Lipinski definition) is 6. The molecule has 0 unspecified atom stereocenters. The van der Waals surface area contributed by atoms with Gasteiger partial charge in [-0.2, -0.15) is 9.29 Å². The molecule has 35 heavy (non-hydrogen) atoms. The Bertz CT molecular complexity index is 1340. The lowest BCUT2D eigenvalue weighted by Crippen LogP contribution is -2.45. The number of nitrogens with zero attached hydrogens (tertiary/aromatic N) is 4. The van der Waals surface area contributed by atoms with Crippen LogP contribution in [0.15, 0.2) is 57.9 Å². The Morgan fingerprint density at radius 3 is 2.34 bits per heavy atom. The first-order valence-electron chi connectivity index (χ1n) is 12.3. The van der Waals surface area contributed by atoms with E-state index in [1.807, 2.05) is 17.0 Å². The molecule has 0 N–H and O–H groups in total. The number of benzene rings is 2. The van der Waals surface area contributed by atoms with E-state index < -0.39 is 10.0 Å². The minimum atomic E-state index is -3.63. The molecule has 3 aromatic rings. The van der Waals surface area contributed by atoms with E-state index in [-0.39, 0.29) is 16.7 Å². The van der Waals surface area contributed by atoms with Gasteiger partial charge in [-0.15, -0.1) is 0 Å². The Morgan fingerprint density at radius 1 is 0.914 bits per heavy atom. The number of piperidine rings is 1. The third kappa shape index (κ3) is 4.38. The fourth-order valence-electron chi connectivity index (χ4n) is 5.06. The van der Waals surface area contributed by atoms with Crippen LogP contribution in [0.3, 0.4) is 0 Å². The molecule has 1 aromatic heterocycles. The topological polar surface area (TPSA) is 96.6 Å². The van der Waals surface area contributed by atoms with Crippen molar-refractivity contribution in [1.82, 2.24) is 19.3 Å². The second-order valence-electron chi connectivity index (χ2n) is 9.71. The zero-order valence-electron chi connectivity index (χ0n) is 19.5. The second kappa shape index (κ2) is 8.87. The molecule has 1 aliphatic carbocycles. The quantitative estimate of drug-likeness (QED) is 0.540. The standard InChI is InChI=1S/C26H28N4O4S/c31-26(29-14-11-18-3-1-2-4-22(18)17-29)21-12-15-30(16-13-21)35(32,33)23-9-7-19(8-10-23)24-27-25(34-28-24)20-5-6-20/h1-4,7-10,20-21H,5-6,11-17H2. The first-order valence-corrected chi connectivity index (χ1v) is 13.7. The molecule has 2 fully saturated rings. The molecule has 6 rings (SSSR count). The smallest absolute Gasteiger partial charge is 0.243 e. The van der Waals surface area contributed by atoms with Crippen molar-refractivity contribution in [3.8, 4) is 11.4 Å². The number of rotatable bonds is 5. The molecular formula is C26H28N4O4S. The minimum Gasteiger partial charge on any atom is -0.339 e. The number of aromatic nitrogens is 2. The highest BCUT2D eigenvalue weighted by molar-refractivity contribution is 7.89. The van der Waals surface area contributed by atoms with Crippen LogP contribution in [0.4, 0.5) is 0 Å². The predicted molar refractivity (Wildman–Crippen MR) is 129 cm³/mol. The van der Waals surface area contributed by atoms with Crippen LogP contribution < -0.4 is 0 Å². The van der Waals surface area contributed by atoms with Gasteiger partial charge in [0.15, 0.2) is 0 Å². The van der Waals surface area contributed by atoms with Crippen LogP contribution in [0.5, 0.6) is 0 Å². The normalized spacial score (nSPS) is 19.5. The average molecular weight is 493 g/mol. The van der Waals surface area contributed by atoms with Crippen LogP contribution >= 0.6 is 0 Å². The summed E-state index contributed by atoms with van der Waals surface area (Å²) in [5.74, 6) is 1.52. The lowest BCUT2D eigenvalue weighted by Gasteiger charge is -2.35. The molecule has 1 saturated heterocycles. The molecule has 0 bridgehead atoms. The van der Waals surface area contributed by atoms with Gasteiger partial charge in [0, 0.05) is 43.6 Å². The molecular weight excluding hydrogens is 464 g/mol. The monoisotopic (exact) mass is 492 g/mol. The van der Waals surface area contributed by atoms with Crippen LogP contribution in [0.25, 0.3) is 11.4 Å². The van der Waals surface area contributed by atoms with Crippen LogP contribution in [0, 0.1) is 5.92 Å². The fourth-order valence-corrected chi connectivity index (χ4v) is 6.53. The average Bonchev–Trinajstić information content (AvgIpc) is 3.64. The predicted octanol–water partition coefficient (Wildman–Crippen LogP) is 3.60. The van der Waals surface area contributed by atoms with Crippen molar-refractivity contribution in [2.75, 3.05) is 19.6 Å². The molecule has 0 atom stereocenters. The molecule has 0 spiro atoms. The van der Waals surface area contributed by atoms with Crippen molar-refractivity contribution >= 4 is 15.9 Å². The third-order valence-corrected chi connectivity index (χ3v) is 9.28. The summed E-state index contributed by atoms with van der Waals surface area (Å²) >= 11 is 0. The summed E-state index contributed by atoms with van der Waals surface area (Å²) in [6.07, 6.45) is 4.11. The zero-order valence-corrected chi connectivity index (χ0v) is 20.3. The van der Waals surface area contributed by atoms with Gasteiger partial charge in [0.2, 0.25) is 27.6 Å². The number of amides is 1. The fraction of sp³-hybridized carbons (Fsp3) is 0.423. The number of carbonyl (C=O) groups is 1. The highest BCUT2D eigenvalue weighted by atomic mass is 32.2. The van der Waals surface area contributed by atoms with E-state index in [1.54, 1.807) is 24.3 Å². The lowest BCUT2D eigenvalue weighted by atomic mass is 9.94. The Kier molecular flexibility index (Phi) is 5.69. The molecule has 3 heterocycles. The lowest BCUT2D eigenvalue weighted by molar-refractivity contribution is -0.137. The molecule has 2 aromatic carbocycles. The first-order chi connectivity index (χ1) is 17.0. The molecule has 2 aliphatic heterocycles. The van der Waals surface area contributed by atoms with Crippen LogP contribution in [0.1, 0.15) is 48.6 Å². The van der Waals surface area contributed by atoms with Gasteiger partial charge in [-0.3, -0.25) is 4.79 Å². The maximum atomic E-state index is 13.2. The third-order valence-electron chi connectivity index (χ3n) is 7.36. The summed E-state index contributed by atoms with van der Waals surface area (Å²) < 4.78 is 33.3. The van der Waals surface area contributed by atoms with Gasteiger partial charge in [0.25, 0.3) is 0 Å². The summed E-state index contributed by atoms with van der Waals surface area (Å²) in [6.45, 7) is 2.06. The Hall–Kier alpha value is -3.04. The Balaban J connectivity index is 1.08. The van der Waals surface area contributed by atoms with Gasteiger partial charge < -0.3 is 9.42 Å². The van der Waals surface area contributed by atoms with Gasteiger partial charge in [-0.25, -0.2) is 8.42 Å². The van der Waals surface area contributed by atoms with Gasteiger partial charge >= 0.3 is 0 Å². The zero-order chi connectivity index (χ0) is 24.0. The Labute approximate surface area is 205 Å². The molecule has 182 valence electrons. The highest BCUT2D eigenvalue weighted by Gasteiger charge is 2.35. The van der Waals surface area contributed by atoms with Crippen molar-refractivity contribution in [3.05, 3.63) is 65.5 Å². The van der Waals surface area contributed by atoms with Gasteiger partial charge in [-0.05, 0) is 67.5 Å². The minimum absolute atomic E-state index is 0.131. The van der Waals surface area contributed by atoms with Crippen molar-refractivity contribution in [2.45, 2.75) is 49.5 Å². The van der Waals surface area contributed by atoms with E-state index in [2.05, 4.69) is 22.3 Å². The van der Waals surface area contributed by atoms with E-state index in [0.29, 0.717) is 50.1 Å². The molecule has 8 nitrogen and oxygen atoms in total. The number of sulfonamides is 1. The van der Waals surface area contributed by atoms with Crippen LogP contribution in [-0.4, -0.2) is 53.3 Å². The molecule has 3 aliphatic rings. The summed E-state index contributed by atoms with van der Waals surface area (Å²) in [7, 11) is -3.63. The molecule has 1 saturated carbocycles. The van der Waals surface area contributed by atoms with Crippen molar-refractivity contribution in [2.24, 2.45) is 5.92 Å². The number of carbonyl (C=O) groups excluding carboxylic acids is 1. The summed E-state index contributed by atoms with van der Waals surface area (Å²) in [5.41, 5.74) is 3.25. The van der Waals surface area contributed by atoms with Crippen molar-refractivity contribution in [3.63, 3.8) is 0 Å². The van der Waals surface area contributed by atoms with E-state index in [1.165, 1.54) is 15.4 Å². The van der Waals surface area contributed by atoms with E-state index in [0.717, 1.165) is 31.4 Å². The largest absolute Gasteiger partial charge is 0.339 e. The van der Waals surface area contributed by atoms with E-state index >= 15 is 0 Å². The second-order valence-corrected chi connectivity index (χ2v) is 11.6. The van der Waals surface area contributed by atoms with E-state index in [9.17, 15) is 13.2 Å². The Morgan fingerprint density at radius 2 is 1.63 bits per heavy atom. The first kappa shape index (κ1) is 22.4. The summed E-state index contributed by atoms with van der Waals surface area (Å²) in [4.78, 5) is 19.7. The SMILES string of the molecule is O=C(C1CCN(S(=O)(=O)c2ccc(-c3noc(C4CC4)n3)cc2)CC1)N1CCc2ccccc2C1. The van der Waals surface area contributed by atoms with Gasteiger partial charge in [-0.1, -0.05) is 29.4 Å². The van der Waals surface area contributed by atoms with Crippen LogP contribution in [-0.2, 0) is 27.8 Å². The summed E-state index contributed by atoms with van der Waals surface area (Å²) in [6, 6.07) is 14.9. The molecule has 1 amide bonds. The molecule has 9 heteroatoms. The summed E-state index contributed by atoms with van der Waals surface area (Å²) in [5, 5.41) is 4.02. The van der Waals surface area contributed by atoms with Crippen molar-refractivity contribution < 1.29 is 17.7 Å². The van der Waals surface area contributed by atoms with Gasteiger partial charge in [0.1, 0.15) is 0 Å². The van der Waals surface area contributed by atoms with Gasteiger partial charge in [0.05, 0.1) is 4.90 Å². The molecule has 0 radical (unpaired) electrons. The van der Waals surface area contributed by atoms with Crippen LogP contribution in [0.2, 0.25) is 0 Å². The maximum absolute atomic E-state index is 13.2. The highest BCUT2D eigenvalue weighted by Crippen LogP contribution is 2.39. The number of fused-ring (bicyclic) bond motifs is 1. The van der Waals surface area contributed by atoms with Crippen molar-refractivity contribution in [1.29, 1.82) is 0 Å².